The summed E-state index contributed by atoms with van der Waals surface area (Å²) < 4.78 is 19.6. The summed E-state index contributed by atoms with van der Waals surface area (Å²) in [6, 6.07) is 11.7. The maximum Gasteiger partial charge on any atom is 0.310 e. The summed E-state index contributed by atoms with van der Waals surface area (Å²) in [4.78, 5) is 13.8. The number of methoxy groups -OCH3 is 1. The summed E-state index contributed by atoms with van der Waals surface area (Å²) in [7, 11) is 3.29. The van der Waals surface area contributed by atoms with Gasteiger partial charge < -0.3 is 15.0 Å². The fourth-order valence-corrected chi connectivity index (χ4v) is 4.28. The largest absolute Gasteiger partial charge is 0.469 e. The molecule has 3 rings (SSSR count). The van der Waals surface area contributed by atoms with Crippen LogP contribution < -0.4 is 10.2 Å². The van der Waals surface area contributed by atoms with Crippen LogP contribution in [0.3, 0.4) is 0 Å². The number of ether oxygens (including phenoxy) is 1. The van der Waals surface area contributed by atoms with Gasteiger partial charge in [-0.3, -0.25) is 4.79 Å². The Morgan fingerprint density at radius 1 is 1.35 bits per heavy atom. The molecule has 1 heterocycles. The van der Waals surface area contributed by atoms with E-state index in [0.29, 0.717) is 5.56 Å². The second-order valence-corrected chi connectivity index (χ2v) is 7.77. The zero-order valence-corrected chi connectivity index (χ0v) is 18.6. The topological polar surface area (TPSA) is 41.6 Å². The van der Waals surface area contributed by atoms with Crippen molar-refractivity contribution in [1.29, 1.82) is 0 Å². The molecule has 31 heavy (non-hydrogen) atoms. The molecule has 0 aliphatic carbocycles. The van der Waals surface area contributed by atoms with Crippen LogP contribution in [0.1, 0.15) is 48.1 Å². The predicted octanol–water partition coefficient (Wildman–Crippen LogP) is 5.15. The lowest BCUT2D eigenvalue weighted by molar-refractivity contribution is -0.139. The molecule has 0 radical (unpaired) electrons. The average Bonchev–Trinajstić information content (AvgIpc) is 2.81. The third-order valence-electron chi connectivity index (χ3n) is 5.94. The molecule has 1 aliphatic heterocycles. The van der Waals surface area contributed by atoms with E-state index >= 15 is 0 Å². The number of esters is 1. The van der Waals surface area contributed by atoms with Crippen LogP contribution in [0.2, 0.25) is 0 Å². The lowest BCUT2D eigenvalue weighted by Crippen LogP contribution is -2.26. The highest BCUT2D eigenvalue weighted by atomic mass is 19.1. The molecule has 0 amide bonds. The SMILES string of the molecule is C=Cc1cc(CC(=O)OC)c(F)cc1N(C)[C@H](CC)c1ccccc1C1=CCNCC1. The third-order valence-corrected chi connectivity index (χ3v) is 5.94. The number of benzene rings is 2. The molecular weight excluding hydrogens is 391 g/mol. The van der Waals surface area contributed by atoms with E-state index in [4.69, 9.17) is 4.74 Å². The smallest absolute Gasteiger partial charge is 0.310 e. The maximum atomic E-state index is 14.9. The number of rotatable bonds is 8. The molecule has 4 nitrogen and oxygen atoms in total. The molecule has 0 spiro atoms. The quantitative estimate of drug-likeness (QED) is 0.598. The zero-order chi connectivity index (χ0) is 22.4. The first-order chi connectivity index (χ1) is 15.0. The molecule has 0 bridgehead atoms. The van der Waals surface area contributed by atoms with Crippen LogP contribution in [-0.4, -0.2) is 33.2 Å². The molecule has 0 saturated carbocycles. The van der Waals surface area contributed by atoms with Crippen molar-refractivity contribution in [3.8, 4) is 0 Å². The van der Waals surface area contributed by atoms with Crippen LogP contribution in [0.5, 0.6) is 0 Å². The van der Waals surface area contributed by atoms with E-state index in [0.717, 1.165) is 37.2 Å². The van der Waals surface area contributed by atoms with Gasteiger partial charge in [-0.15, -0.1) is 0 Å². The molecule has 0 saturated heterocycles. The normalized spacial score (nSPS) is 14.5. The molecule has 2 aromatic carbocycles. The van der Waals surface area contributed by atoms with Crippen molar-refractivity contribution in [3.05, 3.63) is 77.1 Å². The fourth-order valence-electron chi connectivity index (χ4n) is 4.28. The summed E-state index contributed by atoms with van der Waals surface area (Å²) in [5.41, 5.74) is 5.69. The van der Waals surface area contributed by atoms with Gasteiger partial charge in [-0.05, 0) is 59.3 Å². The van der Waals surface area contributed by atoms with Crippen molar-refractivity contribution < 1.29 is 13.9 Å². The molecule has 164 valence electrons. The molecule has 5 heteroatoms. The molecule has 0 unspecified atom stereocenters. The highest BCUT2D eigenvalue weighted by Gasteiger charge is 2.23. The van der Waals surface area contributed by atoms with Crippen LogP contribution in [0.15, 0.2) is 49.1 Å². The monoisotopic (exact) mass is 422 g/mol. The van der Waals surface area contributed by atoms with E-state index in [1.165, 1.54) is 29.9 Å². The second-order valence-electron chi connectivity index (χ2n) is 7.77. The van der Waals surface area contributed by atoms with Crippen LogP contribution in [0.25, 0.3) is 11.6 Å². The maximum absolute atomic E-state index is 14.9. The van der Waals surface area contributed by atoms with Gasteiger partial charge >= 0.3 is 5.97 Å². The van der Waals surface area contributed by atoms with E-state index in [2.05, 4.69) is 54.1 Å². The Morgan fingerprint density at radius 3 is 2.77 bits per heavy atom. The summed E-state index contributed by atoms with van der Waals surface area (Å²) in [5.74, 6) is -0.882. The summed E-state index contributed by atoms with van der Waals surface area (Å²) in [6.45, 7) is 7.91. The van der Waals surface area contributed by atoms with E-state index in [-0.39, 0.29) is 12.5 Å². The number of nitrogens with one attached hydrogen (secondary N) is 1. The number of hydrogen-bond acceptors (Lipinski definition) is 4. The number of nitrogens with zero attached hydrogens (tertiary/aromatic N) is 1. The Morgan fingerprint density at radius 2 is 2.13 bits per heavy atom. The van der Waals surface area contributed by atoms with E-state index in [1.54, 1.807) is 12.1 Å². The molecule has 2 aromatic rings. The molecule has 1 atom stereocenters. The van der Waals surface area contributed by atoms with Crippen LogP contribution in [-0.2, 0) is 16.0 Å². The van der Waals surface area contributed by atoms with Crippen molar-refractivity contribution in [2.45, 2.75) is 32.2 Å². The van der Waals surface area contributed by atoms with E-state index in [1.807, 2.05) is 7.05 Å². The summed E-state index contributed by atoms with van der Waals surface area (Å²) in [6.07, 6.45) is 5.72. The van der Waals surface area contributed by atoms with Crippen LogP contribution in [0, 0.1) is 5.82 Å². The van der Waals surface area contributed by atoms with E-state index < -0.39 is 11.8 Å². The second kappa shape index (κ2) is 10.4. The van der Waals surface area contributed by atoms with Gasteiger partial charge in [0.15, 0.2) is 0 Å². The minimum absolute atomic E-state index is 0.0662. The van der Waals surface area contributed by atoms with Gasteiger partial charge in [0.2, 0.25) is 0 Å². The van der Waals surface area contributed by atoms with Crippen molar-refractivity contribution in [2.24, 2.45) is 0 Å². The lowest BCUT2D eigenvalue weighted by Gasteiger charge is -2.33. The number of carbonyl (C=O) groups excluding carboxylic acids is 1. The Balaban J connectivity index is 2.01. The van der Waals surface area contributed by atoms with Gasteiger partial charge in [0.25, 0.3) is 0 Å². The summed E-state index contributed by atoms with van der Waals surface area (Å²) >= 11 is 0. The van der Waals surface area contributed by atoms with Gasteiger partial charge in [-0.1, -0.05) is 49.9 Å². The Bertz CT molecular complexity index is 983. The van der Waals surface area contributed by atoms with Crippen molar-refractivity contribution in [2.75, 3.05) is 32.1 Å². The van der Waals surface area contributed by atoms with Crippen molar-refractivity contribution >= 4 is 23.3 Å². The van der Waals surface area contributed by atoms with Crippen molar-refractivity contribution in [1.82, 2.24) is 5.32 Å². The molecule has 1 aliphatic rings. The van der Waals surface area contributed by atoms with Crippen molar-refractivity contribution in [3.63, 3.8) is 0 Å². The molecular formula is C26H31FN2O2. The number of carbonyl (C=O) groups is 1. The predicted molar refractivity (Wildman–Crippen MR) is 126 cm³/mol. The first-order valence-electron chi connectivity index (χ1n) is 10.7. The third kappa shape index (κ3) is 5.05. The number of anilines is 1. The highest BCUT2D eigenvalue weighted by molar-refractivity contribution is 5.75. The Labute approximate surface area is 184 Å². The van der Waals surface area contributed by atoms with Gasteiger partial charge in [0.05, 0.1) is 19.6 Å². The van der Waals surface area contributed by atoms with E-state index in [9.17, 15) is 9.18 Å². The Kier molecular flexibility index (Phi) is 7.64. The molecule has 0 aromatic heterocycles. The van der Waals surface area contributed by atoms with Gasteiger partial charge in [-0.2, -0.15) is 0 Å². The van der Waals surface area contributed by atoms with Crippen LogP contribution in [0.4, 0.5) is 10.1 Å². The fraction of sp³-hybridized carbons (Fsp3) is 0.346. The van der Waals surface area contributed by atoms with Crippen LogP contribution >= 0.6 is 0 Å². The minimum Gasteiger partial charge on any atom is -0.469 e. The summed E-state index contributed by atoms with van der Waals surface area (Å²) in [5, 5.41) is 3.37. The standard InChI is InChI=1S/C26H31FN2O2/c1-5-18-15-20(16-26(30)31-4)23(27)17-25(18)29(3)24(6-2)22-10-8-7-9-21(22)19-11-13-28-14-12-19/h5,7-11,15,17,24,28H,1,6,12-14,16H2,2-4H3/t24-/m1/s1. The number of halogens is 1. The first kappa shape index (κ1) is 22.8. The van der Waals surface area contributed by atoms with Gasteiger partial charge in [-0.25, -0.2) is 4.39 Å². The zero-order valence-electron chi connectivity index (χ0n) is 18.6. The first-order valence-corrected chi connectivity index (χ1v) is 10.7. The minimum atomic E-state index is -0.467. The molecule has 1 N–H and O–H groups in total. The highest BCUT2D eigenvalue weighted by Crippen LogP contribution is 2.36. The lowest BCUT2D eigenvalue weighted by atomic mass is 9.90. The van der Waals surface area contributed by atoms with Gasteiger partial charge in [0.1, 0.15) is 5.82 Å². The average molecular weight is 423 g/mol. The number of hydrogen-bond donors (Lipinski definition) is 1. The molecule has 0 fully saturated rings. The van der Waals surface area contributed by atoms with Gasteiger partial charge in [0, 0.05) is 19.3 Å². The Hall–Kier alpha value is -2.92.